The first-order valence-electron chi connectivity index (χ1n) is 9.71. The Balaban J connectivity index is 2.23. The van der Waals surface area contributed by atoms with Crippen LogP contribution in [0.5, 0.6) is 5.75 Å². The Labute approximate surface area is 179 Å². The van der Waals surface area contributed by atoms with E-state index in [9.17, 15) is 9.59 Å². The van der Waals surface area contributed by atoms with Gasteiger partial charge in [-0.15, -0.1) is 0 Å². The second-order valence-corrected chi connectivity index (χ2v) is 6.91. The molecule has 0 aliphatic carbocycles. The number of carbonyl (C=O) groups is 1. The highest BCUT2D eigenvalue weighted by Gasteiger charge is 2.31. The second-order valence-electron chi connectivity index (χ2n) is 6.91. The molecule has 0 radical (unpaired) electrons. The Kier molecular flexibility index (Phi) is 6.50. The van der Waals surface area contributed by atoms with Crippen molar-refractivity contribution in [2.24, 2.45) is 7.05 Å². The van der Waals surface area contributed by atoms with Gasteiger partial charge in [-0.1, -0.05) is 31.2 Å². The second kappa shape index (κ2) is 9.26. The molecule has 0 saturated carbocycles. The van der Waals surface area contributed by atoms with Gasteiger partial charge in [0, 0.05) is 25.1 Å². The summed E-state index contributed by atoms with van der Waals surface area (Å²) in [7, 11) is 2.89. The Hall–Kier alpha value is -3.93. The SMILES string of the molecule is [C-]#[N+]c1ccccc1C(c1cn[nH]c1)C(C)c1nc(C(=O)OCC)c(OC)c(=O)n1C. The number of rotatable bonds is 7. The van der Waals surface area contributed by atoms with Crippen LogP contribution in [0.15, 0.2) is 41.5 Å². The van der Waals surface area contributed by atoms with Crippen molar-refractivity contribution in [3.63, 3.8) is 0 Å². The quantitative estimate of drug-likeness (QED) is 0.464. The van der Waals surface area contributed by atoms with Crippen LogP contribution in [0.4, 0.5) is 5.69 Å². The Morgan fingerprint density at radius 3 is 2.71 bits per heavy atom. The summed E-state index contributed by atoms with van der Waals surface area (Å²) < 4.78 is 11.6. The first-order chi connectivity index (χ1) is 14.9. The van der Waals surface area contributed by atoms with E-state index in [2.05, 4.69) is 20.0 Å². The average molecular weight is 421 g/mol. The van der Waals surface area contributed by atoms with Gasteiger partial charge in [0.25, 0.3) is 5.56 Å². The maximum atomic E-state index is 12.9. The molecule has 2 unspecified atom stereocenters. The van der Waals surface area contributed by atoms with E-state index in [0.29, 0.717) is 11.5 Å². The number of hydrogen-bond donors (Lipinski definition) is 1. The maximum absolute atomic E-state index is 12.9. The van der Waals surface area contributed by atoms with Crippen LogP contribution in [0.3, 0.4) is 0 Å². The van der Waals surface area contributed by atoms with E-state index in [4.69, 9.17) is 16.0 Å². The van der Waals surface area contributed by atoms with E-state index >= 15 is 0 Å². The van der Waals surface area contributed by atoms with Crippen LogP contribution in [0, 0.1) is 6.57 Å². The van der Waals surface area contributed by atoms with Crippen LogP contribution in [0.25, 0.3) is 4.85 Å². The van der Waals surface area contributed by atoms with Crippen LogP contribution in [0.1, 0.15) is 53.1 Å². The van der Waals surface area contributed by atoms with E-state index in [1.165, 1.54) is 11.7 Å². The number of H-pyrrole nitrogens is 1. The highest BCUT2D eigenvalue weighted by atomic mass is 16.5. The number of para-hydroxylation sites is 1. The molecule has 9 heteroatoms. The molecule has 1 N–H and O–H groups in total. The zero-order chi connectivity index (χ0) is 22.5. The highest BCUT2D eigenvalue weighted by molar-refractivity contribution is 5.90. The van der Waals surface area contributed by atoms with Crippen LogP contribution in [0.2, 0.25) is 0 Å². The standard InChI is InChI=1S/C22H23N5O4/c1-6-31-22(29)18-19(30-5)21(28)27(4)20(26-18)13(2)17(14-11-24-25-12-14)15-9-7-8-10-16(15)23-3/h7-13,17H,6H2,1-2,4-5H3,(H,24,25). The topological polar surface area (TPSA) is 103 Å². The molecular weight excluding hydrogens is 398 g/mol. The molecule has 0 bridgehead atoms. The van der Waals surface area contributed by atoms with Gasteiger partial charge >= 0.3 is 5.97 Å². The lowest BCUT2D eigenvalue weighted by molar-refractivity contribution is 0.0514. The fraction of sp³-hybridized carbons (Fsp3) is 0.318. The summed E-state index contributed by atoms with van der Waals surface area (Å²) in [6.07, 6.45) is 3.42. The molecule has 3 rings (SSSR count). The molecule has 9 nitrogen and oxygen atoms in total. The number of esters is 1. The molecule has 0 aliphatic heterocycles. The Morgan fingerprint density at radius 1 is 1.35 bits per heavy atom. The number of nitrogens with one attached hydrogen (secondary N) is 1. The predicted molar refractivity (Wildman–Crippen MR) is 114 cm³/mol. The molecule has 0 aliphatic rings. The Morgan fingerprint density at radius 2 is 2.10 bits per heavy atom. The zero-order valence-corrected chi connectivity index (χ0v) is 17.7. The third kappa shape index (κ3) is 4.05. The lowest BCUT2D eigenvalue weighted by Gasteiger charge is -2.26. The van der Waals surface area contributed by atoms with Gasteiger partial charge in [-0.3, -0.25) is 14.5 Å². The minimum atomic E-state index is -0.730. The van der Waals surface area contributed by atoms with Gasteiger partial charge in [-0.05, 0) is 18.1 Å². The number of methoxy groups -OCH3 is 1. The van der Waals surface area contributed by atoms with Crippen LogP contribution in [-0.4, -0.2) is 39.4 Å². The number of benzene rings is 1. The lowest BCUT2D eigenvalue weighted by Crippen LogP contribution is -2.30. The van der Waals surface area contributed by atoms with Gasteiger partial charge in [-0.2, -0.15) is 5.10 Å². The van der Waals surface area contributed by atoms with Crippen molar-refractivity contribution in [1.29, 1.82) is 0 Å². The lowest BCUT2D eigenvalue weighted by atomic mass is 9.81. The van der Waals surface area contributed by atoms with Gasteiger partial charge in [0.15, 0.2) is 11.4 Å². The number of aromatic amines is 1. The van der Waals surface area contributed by atoms with Crippen molar-refractivity contribution in [3.05, 3.63) is 81.1 Å². The largest absolute Gasteiger partial charge is 0.489 e. The number of ether oxygens (including phenoxy) is 2. The molecule has 160 valence electrons. The summed E-state index contributed by atoms with van der Waals surface area (Å²) in [4.78, 5) is 33.6. The number of aromatic nitrogens is 4. The van der Waals surface area contributed by atoms with Crippen LogP contribution in [-0.2, 0) is 11.8 Å². The van der Waals surface area contributed by atoms with E-state index in [1.807, 2.05) is 19.1 Å². The molecule has 2 aromatic heterocycles. The summed E-state index contributed by atoms with van der Waals surface area (Å²) in [6, 6.07) is 7.27. The third-order valence-electron chi connectivity index (χ3n) is 5.13. The van der Waals surface area contributed by atoms with Crippen LogP contribution >= 0.6 is 0 Å². The number of nitrogens with zero attached hydrogens (tertiary/aromatic N) is 4. The number of carbonyl (C=O) groups excluding carboxylic acids is 1. The first-order valence-corrected chi connectivity index (χ1v) is 9.71. The minimum absolute atomic E-state index is 0.139. The van der Waals surface area contributed by atoms with Crippen molar-refractivity contribution in [2.75, 3.05) is 13.7 Å². The highest BCUT2D eigenvalue weighted by Crippen LogP contribution is 2.41. The molecule has 3 aromatic rings. The molecule has 2 heterocycles. The zero-order valence-electron chi connectivity index (χ0n) is 17.7. The summed E-state index contributed by atoms with van der Waals surface area (Å²) >= 11 is 0. The van der Waals surface area contributed by atoms with Gasteiger partial charge < -0.3 is 9.47 Å². The third-order valence-corrected chi connectivity index (χ3v) is 5.13. The molecule has 0 saturated heterocycles. The summed E-state index contributed by atoms with van der Waals surface area (Å²) in [5.41, 5.74) is 1.43. The monoisotopic (exact) mass is 421 g/mol. The smallest absolute Gasteiger partial charge is 0.361 e. The van der Waals surface area contributed by atoms with E-state index in [0.717, 1.165) is 11.1 Å². The Bertz CT molecular complexity index is 1180. The minimum Gasteiger partial charge on any atom is -0.489 e. The fourth-order valence-electron chi connectivity index (χ4n) is 3.70. The number of hydrogen-bond acceptors (Lipinski definition) is 6. The van der Waals surface area contributed by atoms with Gasteiger partial charge in [0.1, 0.15) is 5.82 Å². The fourth-order valence-corrected chi connectivity index (χ4v) is 3.70. The molecule has 0 spiro atoms. The summed E-state index contributed by atoms with van der Waals surface area (Å²) in [6.45, 7) is 11.3. The molecule has 2 atom stereocenters. The molecule has 0 amide bonds. The van der Waals surface area contributed by atoms with Crippen LogP contribution < -0.4 is 10.3 Å². The van der Waals surface area contributed by atoms with E-state index < -0.39 is 17.4 Å². The van der Waals surface area contributed by atoms with Crippen molar-refractivity contribution < 1.29 is 14.3 Å². The average Bonchev–Trinajstić information content (AvgIpc) is 3.30. The van der Waals surface area contributed by atoms with Crippen molar-refractivity contribution in [3.8, 4) is 5.75 Å². The predicted octanol–water partition coefficient (Wildman–Crippen LogP) is 3.18. The molecular formula is C22H23N5O4. The van der Waals surface area contributed by atoms with Gasteiger partial charge in [-0.25, -0.2) is 14.6 Å². The van der Waals surface area contributed by atoms with Gasteiger partial charge in [0.05, 0.1) is 26.5 Å². The van der Waals surface area contributed by atoms with Gasteiger partial charge in [0.2, 0.25) is 5.75 Å². The molecule has 31 heavy (non-hydrogen) atoms. The summed E-state index contributed by atoms with van der Waals surface area (Å²) in [5.74, 6) is -1.27. The normalized spacial score (nSPS) is 12.6. The van der Waals surface area contributed by atoms with Crippen molar-refractivity contribution in [2.45, 2.75) is 25.7 Å². The van der Waals surface area contributed by atoms with E-state index in [1.54, 1.807) is 38.5 Å². The first kappa shape index (κ1) is 21.8. The molecule has 0 fully saturated rings. The molecule has 1 aromatic carbocycles. The van der Waals surface area contributed by atoms with E-state index in [-0.39, 0.29) is 24.0 Å². The maximum Gasteiger partial charge on any atom is 0.361 e. The van der Waals surface area contributed by atoms with Crippen molar-refractivity contribution >= 4 is 11.7 Å². The van der Waals surface area contributed by atoms with Crippen molar-refractivity contribution in [1.82, 2.24) is 19.7 Å². The summed E-state index contributed by atoms with van der Waals surface area (Å²) in [5, 5.41) is 6.86.